The first-order valence-corrected chi connectivity index (χ1v) is 7.33. The van der Waals surface area contributed by atoms with E-state index >= 15 is 0 Å². The van der Waals surface area contributed by atoms with Gasteiger partial charge in [-0.15, -0.1) is 0 Å². The van der Waals surface area contributed by atoms with E-state index in [-0.39, 0.29) is 12.0 Å². The maximum Gasteiger partial charge on any atom is 0.211 e. The molecule has 0 aliphatic carbocycles. The molecular weight excluding hydrogens is 228 g/mol. The van der Waals surface area contributed by atoms with Crippen molar-refractivity contribution in [1.29, 1.82) is 0 Å². The van der Waals surface area contributed by atoms with Crippen molar-refractivity contribution in [2.45, 2.75) is 31.9 Å². The number of likely N-dealkylation sites (N-methyl/N-ethyl adjacent to an activating group) is 1. The van der Waals surface area contributed by atoms with Crippen LogP contribution in [-0.2, 0) is 10.0 Å². The van der Waals surface area contributed by atoms with Gasteiger partial charge in [0.15, 0.2) is 0 Å². The third-order valence-electron chi connectivity index (χ3n) is 3.36. The topological polar surface area (TPSA) is 69.6 Å². The number of hydrogen-bond donors (Lipinski definition) is 2. The minimum absolute atomic E-state index is 0.0693. The Hall–Kier alpha value is -0.170. The summed E-state index contributed by atoms with van der Waals surface area (Å²) in [6, 6.07) is -0.0693. The molecule has 96 valence electrons. The molecule has 1 aliphatic rings. The molecule has 2 atom stereocenters. The summed E-state index contributed by atoms with van der Waals surface area (Å²) in [5.41, 5.74) is -0.774. The molecule has 2 unspecified atom stereocenters. The predicted molar refractivity (Wildman–Crippen MR) is 63.7 cm³/mol. The normalized spacial score (nSPS) is 28.4. The van der Waals surface area contributed by atoms with Gasteiger partial charge in [0.2, 0.25) is 10.0 Å². The van der Waals surface area contributed by atoms with Crippen LogP contribution >= 0.6 is 0 Å². The molecule has 0 saturated carbocycles. The van der Waals surface area contributed by atoms with Crippen LogP contribution in [0, 0.1) is 5.92 Å². The molecule has 0 amide bonds. The average Bonchev–Trinajstić information content (AvgIpc) is 2.14. The molecule has 2 N–H and O–H groups in total. The molecule has 6 heteroatoms. The highest BCUT2D eigenvalue weighted by Gasteiger charge is 2.35. The molecule has 5 nitrogen and oxygen atoms in total. The Kier molecular flexibility index (Phi) is 3.99. The van der Waals surface area contributed by atoms with Gasteiger partial charge in [0.1, 0.15) is 0 Å². The highest BCUT2D eigenvalue weighted by molar-refractivity contribution is 7.88. The SMILES string of the molecule is CN(C1CNCC(C(C)(C)O)C1)S(C)(=O)=O. The predicted octanol–water partition coefficient (Wildman–Crippen LogP) is -0.373. The summed E-state index contributed by atoms with van der Waals surface area (Å²) in [4.78, 5) is 0. The molecule has 16 heavy (non-hydrogen) atoms. The largest absolute Gasteiger partial charge is 0.390 e. The van der Waals surface area contributed by atoms with E-state index in [9.17, 15) is 13.5 Å². The minimum atomic E-state index is -3.16. The fourth-order valence-corrected chi connectivity index (χ4v) is 2.71. The van der Waals surface area contributed by atoms with E-state index in [4.69, 9.17) is 0 Å². The molecule has 1 fully saturated rings. The molecule has 0 aromatic carbocycles. The molecule has 0 bridgehead atoms. The molecule has 1 heterocycles. The van der Waals surface area contributed by atoms with Gasteiger partial charge in [-0.2, -0.15) is 0 Å². The van der Waals surface area contributed by atoms with E-state index in [1.807, 2.05) is 0 Å². The molecule has 0 aromatic heterocycles. The maximum absolute atomic E-state index is 11.4. The van der Waals surface area contributed by atoms with E-state index in [1.165, 1.54) is 10.6 Å². The van der Waals surface area contributed by atoms with Crippen LogP contribution in [0.25, 0.3) is 0 Å². The fraction of sp³-hybridized carbons (Fsp3) is 1.00. The Morgan fingerprint density at radius 1 is 1.38 bits per heavy atom. The van der Waals surface area contributed by atoms with Crippen LogP contribution in [0.2, 0.25) is 0 Å². The van der Waals surface area contributed by atoms with Gasteiger partial charge < -0.3 is 10.4 Å². The van der Waals surface area contributed by atoms with Crippen molar-refractivity contribution < 1.29 is 13.5 Å². The number of piperidine rings is 1. The van der Waals surface area contributed by atoms with E-state index in [1.54, 1.807) is 20.9 Å². The summed E-state index contributed by atoms with van der Waals surface area (Å²) >= 11 is 0. The van der Waals surface area contributed by atoms with Crippen LogP contribution < -0.4 is 5.32 Å². The Bertz CT molecular complexity index is 334. The molecule has 0 spiro atoms. The monoisotopic (exact) mass is 250 g/mol. The van der Waals surface area contributed by atoms with E-state index < -0.39 is 15.6 Å². The van der Waals surface area contributed by atoms with Gasteiger partial charge in [0.25, 0.3) is 0 Å². The van der Waals surface area contributed by atoms with Crippen LogP contribution in [0.5, 0.6) is 0 Å². The average molecular weight is 250 g/mol. The number of nitrogens with zero attached hydrogens (tertiary/aromatic N) is 1. The van der Waals surface area contributed by atoms with Gasteiger partial charge in [-0.1, -0.05) is 0 Å². The third-order valence-corrected chi connectivity index (χ3v) is 4.71. The van der Waals surface area contributed by atoms with Gasteiger partial charge in [-0.25, -0.2) is 12.7 Å². The van der Waals surface area contributed by atoms with Crippen LogP contribution in [0.15, 0.2) is 0 Å². The lowest BCUT2D eigenvalue weighted by atomic mass is 9.83. The smallest absolute Gasteiger partial charge is 0.211 e. The fourth-order valence-electron chi connectivity index (χ4n) is 2.01. The highest BCUT2D eigenvalue weighted by atomic mass is 32.2. The Labute approximate surface area is 97.9 Å². The first-order chi connectivity index (χ1) is 7.12. The summed E-state index contributed by atoms with van der Waals surface area (Å²) in [7, 11) is -1.57. The van der Waals surface area contributed by atoms with Gasteiger partial charge in [0.05, 0.1) is 11.9 Å². The lowest BCUT2D eigenvalue weighted by Gasteiger charge is -2.39. The van der Waals surface area contributed by atoms with Crippen molar-refractivity contribution in [3.8, 4) is 0 Å². The van der Waals surface area contributed by atoms with Gasteiger partial charge in [-0.3, -0.25) is 0 Å². The molecule has 1 aliphatic heterocycles. The Morgan fingerprint density at radius 2 is 1.94 bits per heavy atom. The summed E-state index contributed by atoms with van der Waals surface area (Å²) in [6.45, 7) is 4.91. The summed E-state index contributed by atoms with van der Waals surface area (Å²) < 4.78 is 24.2. The third kappa shape index (κ3) is 3.41. The second-order valence-corrected chi connectivity index (χ2v) is 7.22. The molecule has 1 rings (SSSR count). The van der Waals surface area contributed by atoms with E-state index in [0.717, 1.165) is 6.54 Å². The zero-order valence-corrected chi connectivity index (χ0v) is 11.2. The first-order valence-electron chi connectivity index (χ1n) is 5.48. The van der Waals surface area contributed by atoms with Gasteiger partial charge in [0, 0.05) is 32.1 Å². The zero-order valence-electron chi connectivity index (χ0n) is 10.4. The van der Waals surface area contributed by atoms with Crippen molar-refractivity contribution in [2.75, 3.05) is 26.4 Å². The van der Waals surface area contributed by atoms with Gasteiger partial charge >= 0.3 is 0 Å². The number of rotatable bonds is 3. The number of nitrogens with one attached hydrogen (secondary N) is 1. The molecular formula is C10H22N2O3S. The van der Waals surface area contributed by atoms with Crippen molar-refractivity contribution in [3.63, 3.8) is 0 Å². The summed E-state index contributed by atoms with van der Waals surface area (Å²) in [5.74, 6) is 0.0791. The summed E-state index contributed by atoms with van der Waals surface area (Å²) in [5, 5.41) is 13.1. The zero-order chi connectivity index (χ0) is 12.6. The number of sulfonamides is 1. The standard InChI is InChI=1S/C10H22N2O3S/c1-10(2,13)8-5-9(7-11-6-8)12(3)16(4,14)15/h8-9,11,13H,5-7H2,1-4H3. The second-order valence-electron chi connectivity index (χ2n) is 5.18. The first kappa shape index (κ1) is 13.9. The number of hydrogen-bond acceptors (Lipinski definition) is 4. The van der Waals surface area contributed by atoms with E-state index in [2.05, 4.69) is 5.32 Å². The summed E-state index contributed by atoms with van der Waals surface area (Å²) in [6.07, 6.45) is 1.90. The van der Waals surface area contributed by atoms with Crippen LogP contribution in [0.3, 0.4) is 0 Å². The van der Waals surface area contributed by atoms with Crippen molar-refractivity contribution >= 4 is 10.0 Å². The van der Waals surface area contributed by atoms with Gasteiger partial charge in [-0.05, 0) is 20.3 Å². The van der Waals surface area contributed by atoms with Crippen LogP contribution in [-0.4, -0.2) is 55.9 Å². The molecule has 1 saturated heterocycles. The highest BCUT2D eigenvalue weighted by Crippen LogP contribution is 2.25. The lowest BCUT2D eigenvalue weighted by molar-refractivity contribution is -0.00290. The number of aliphatic hydroxyl groups is 1. The van der Waals surface area contributed by atoms with Crippen molar-refractivity contribution in [2.24, 2.45) is 5.92 Å². The van der Waals surface area contributed by atoms with E-state index in [0.29, 0.717) is 13.0 Å². The Morgan fingerprint density at radius 3 is 2.38 bits per heavy atom. The van der Waals surface area contributed by atoms with Crippen LogP contribution in [0.4, 0.5) is 0 Å². The lowest BCUT2D eigenvalue weighted by Crippen LogP contribution is -2.53. The second kappa shape index (κ2) is 4.60. The van der Waals surface area contributed by atoms with Crippen molar-refractivity contribution in [3.05, 3.63) is 0 Å². The molecule has 0 aromatic rings. The maximum atomic E-state index is 11.4. The Balaban J connectivity index is 2.72. The molecule has 0 radical (unpaired) electrons. The van der Waals surface area contributed by atoms with Crippen molar-refractivity contribution in [1.82, 2.24) is 9.62 Å². The minimum Gasteiger partial charge on any atom is -0.390 e. The van der Waals surface area contributed by atoms with Crippen LogP contribution in [0.1, 0.15) is 20.3 Å². The quantitative estimate of drug-likeness (QED) is 0.717.